The summed E-state index contributed by atoms with van der Waals surface area (Å²) in [6, 6.07) is 42.6. The molecule has 4 aromatic rings. The van der Waals surface area contributed by atoms with Crippen LogP contribution in [0.5, 0.6) is 0 Å². The molecule has 0 aromatic heterocycles. The van der Waals surface area contributed by atoms with Crippen LogP contribution in [0.15, 0.2) is 150 Å². The van der Waals surface area contributed by atoms with Gasteiger partial charge in [0, 0.05) is 16.8 Å². The minimum Gasteiger partial charge on any atom is -0.261 e. The van der Waals surface area contributed by atoms with Gasteiger partial charge in [0.1, 0.15) is 9.79 Å². The number of rotatable bonds is 5. The van der Waals surface area contributed by atoms with Gasteiger partial charge in [-0.3, -0.25) is 4.36 Å². The van der Waals surface area contributed by atoms with E-state index in [4.69, 9.17) is 8.73 Å². The van der Waals surface area contributed by atoms with E-state index in [9.17, 15) is 0 Å². The van der Waals surface area contributed by atoms with Gasteiger partial charge in [-0.05, 0) is 57.9 Å². The molecule has 0 aliphatic rings. The van der Waals surface area contributed by atoms with Gasteiger partial charge >= 0.3 is 0 Å². The highest BCUT2D eigenvalue weighted by molar-refractivity contribution is 8.29. The van der Waals surface area contributed by atoms with Crippen LogP contribution in [0.25, 0.3) is 0 Å². The van der Waals surface area contributed by atoms with E-state index in [1.807, 2.05) is 14.1 Å². The Morgan fingerprint density at radius 3 is 1.23 bits per heavy atom. The summed E-state index contributed by atoms with van der Waals surface area (Å²) in [4.78, 5) is 4.87. The molecule has 0 aliphatic carbocycles. The monoisotopic (exact) mass is 443 g/mol. The van der Waals surface area contributed by atoms with E-state index in [1.54, 1.807) is 0 Å². The second-order valence-electron chi connectivity index (χ2n) is 6.97. The molecule has 4 heteroatoms. The third-order valence-corrected chi connectivity index (χ3v) is 12.6. The van der Waals surface area contributed by atoms with Gasteiger partial charge in [0.15, 0.2) is 4.70 Å². The molecule has 0 amide bonds. The zero-order valence-electron chi connectivity index (χ0n) is 17.8. The summed E-state index contributed by atoms with van der Waals surface area (Å²) in [5.74, 6) is 0. The first-order valence-electron chi connectivity index (χ1n) is 10.2. The zero-order valence-corrected chi connectivity index (χ0v) is 19.5. The Morgan fingerprint density at radius 1 is 0.548 bits per heavy atom. The second kappa shape index (κ2) is 9.46. The van der Waals surface area contributed by atoms with E-state index in [1.165, 1.54) is 19.6 Å². The van der Waals surface area contributed by atoms with Crippen molar-refractivity contribution in [3.8, 4) is 0 Å². The minimum absolute atomic E-state index is 1.22. The third-order valence-electron chi connectivity index (χ3n) is 5.26. The molecule has 4 aromatic carbocycles. The Bertz CT molecular complexity index is 1220. The number of hydrogen-bond donors (Lipinski definition) is 0. The topological polar surface area (TPSA) is 24.7 Å². The molecular formula is C27H27N2S2+. The van der Waals surface area contributed by atoms with Crippen LogP contribution < -0.4 is 0 Å². The van der Waals surface area contributed by atoms with Crippen molar-refractivity contribution in [3.05, 3.63) is 121 Å². The maximum atomic E-state index is 5.13. The molecule has 0 fully saturated rings. The van der Waals surface area contributed by atoms with E-state index in [0.29, 0.717) is 0 Å². The number of nitrogens with zero attached hydrogens (tertiary/aromatic N) is 2. The average molecular weight is 444 g/mol. The molecule has 0 radical (unpaired) electrons. The lowest BCUT2D eigenvalue weighted by atomic mass is 10.4. The molecule has 0 unspecified atom stereocenters. The first kappa shape index (κ1) is 21.3. The summed E-state index contributed by atoms with van der Waals surface area (Å²) >= 11 is 0. The highest BCUT2D eigenvalue weighted by Gasteiger charge is 2.32. The second-order valence-corrected chi connectivity index (χ2v) is 12.9. The summed E-state index contributed by atoms with van der Waals surface area (Å²) in [7, 11) is 0.263. The van der Waals surface area contributed by atoms with Crippen molar-refractivity contribution in [3.63, 3.8) is 0 Å². The average Bonchev–Trinajstić information content (AvgIpc) is 2.87. The van der Waals surface area contributed by atoms with Crippen molar-refractivity contribution in [2.45, 2.75) is 19.6 Å². The van der Waals surface area contributed by atoms with Crippen molar-refractivity contribution in [2.75, 3.05) is 14.1 Å². The molecular weight excluding hydrogens is 416 g/mol. The number of hydrogen-bond acceptors (Lipinski definition) is 2. The molecule has 0 N–H and O–H groups in total. The smallest absolute Gasteiger partial charge is 0.156 e. The fourth-order valence-electron chi connectivity index (χ4n) is 3.72. The molecule has 0 aliphatic heterocycles. The van der Waals surface area contributed by atoms with Crippen molar-refractivity contribution >= 4 is 23.9 Å². The summed E-state index contributed by atoms with van der Waals surface area (Å²) in [6.45, 7) is 0. The lowest BCUT2D eigenvalue weighted by Gasteiger charge is -2.21. The van der Waals surface area contributed by atoms with Crippen molar-refractivity contribution in [2.24, 2.45) is 8.73 Å². The molecule has 31 heavy (non-hydrogen) atoms. The lowest BCUT2D eigenvalue weighted by molar-refractivity contribution is 1.34. The van der Waals surface area contributed by atoms with Gasteiger partial charge in [-0.2, -0.15) is 0 Å². The quantitative estimate of drug-likeness (QED) is 0.236. The van der Waals surface area contributed by atoms with Gasteiger partial charge in [-0.15, -0.1) is 4.36 Å². The van der Waals surface area contributed by atoms with Crippen molar-refractivity contribution < 1.29 is 0 Å². The first-order chi connectivity index (χ1) is 15.2. The van der Waals surface area contributed by atoms with Gasteiger partial charge in [0.2, 0.25) is 0 Å². The first-order valence-corrected chi connectivity index (χ1v) is 13.5. The van der Waals surface area contributed by atoms with E-state index < -0.39 is 19.2 Å². The Morgan fingerprint density at radius 2 is 0.903 bits per heavy atom. The fourth-order valence-corrected chi connectivity index (χ4v) is 11.5. The van der Waals surface area contributed by atoms with Crippen LogP contribution in [-0.2, 0) is 19.2 Å². The highest BCUT2D eigenvalue weighted by Crippen LogP contribution is 2.34. The van der Waals surface area contributed by atoms with Crippen molar-refractivity contribution in [1.82, 2.24) is 0 Å². The normalized spacial score (nSPS) is 11.5. The summed E-state index contributed by atoms with van der Waals surface area (Å²) < 4.78 is 12.7. The molecule has 0 saturated carbocycles. The van der Waals surface area contributed by atoms with Crippen LogP contribution in [0, 0.1) is 0 Å². The van der Waals surface area contributed by atoms with Gasteiger partial charge in [-0.1, -0.05) is 72.8 Å². The molecule has 4 rings (SSSR count). The molecule has 156 valence electrons. The molecule has 0 heterocycles. The number of benzene rings is 4. The standard InChI is InChI=1S/C27H27N2S2/c1-28-30(24-15-7-3-8-16-24,25-17-9-4-10-18-25)23-31(29-2,26-19-11-5-12-20-26)27-21-13-6-14-22-27/h3-23H,1-2H3/q+1. The predicted molar refractivity (Wildman–Crippen MR) is 136 cm³/mol. The molecule has 0 saturated heterocycles. The van der Waals surface area contributed by atoms with Crippen LogP contribution in [0.3, 0.4) is 0 Å². The summed E-state index contributed by atoms with van der Waals surface area (Å²) in [5, 5.41) is 0. The van der Waals surface area contributed by atoms with E-state index in [2.05, 4.69) is 126 Å². The molecule has 0 spiro atoms. The van der Waals surface area contributed by atoms with E-state index >= 15 is 0 Å². The van der Waals surface area contributed by atoms with Crippen LogP contribution in [0.2, 0.25) is 0 Å². The van der Waals surface area contributed by atoms with Crippen LogP contribution in [0.1, 0.15) is 0 Å². The van der Waals surface area contributed by atoms with Gasteiger partial charge < -0.3 is 0 Å². The maximum Gasteiger partial charge on any atom is 0.156 e. The Hall–Kier alpha value is -2.95. The van der Waals surface area contributed by atoms with E-state index in [-0.39, 0.29) is 0 Å². The van der Waals surface area contributed by atoms with Gasteiger partial charge in [0.05, 0.1) is 16.9 Å². The van der Waals surface area contributed by atoms with E-state index in [0.717, 1.165) is 0 Å². The summed E-state index contributed by atoms with van der Waals surface area (Å²) in [5.41, 5.74) is 0. The van der Waals surface area contributed by atoms with Crippen LogP contribution in [-0.4, -0.2) is 18.8 Å². The Labute approximate surface area is 187 Å². The molecule has 2 nitrogen and oxygen atoms in total. The molecule has 0 atom stereocenters. The maximum absolute atomic E-state index is 5.13. The SMILES string of the molecule is CN=S(=C[S+](=NC)(c1ccccc1)c1ccccc1)(c1ccccc1)c1ccccc1. The summed E-state index contributed by atoms with van der Waals surface area (Å²) in [6.07, 6.45) is 0. The van der Waals surface area contributed by atoms with Gasteiger partial charge in [-0.25, -0.2) is 0 Å². The highest BCUT2D eigenvalue weighted by atomic mass is 32.3. The largest absolute Gasteiger partial charge is 0.261 e. The van der Waals surface area contributed by atoms with Crippen LogP contribution >= 0.6 is 0 Å². The van der Waals surface area contributed by atoms with Gasteiger partial charge in [0.25, 0.3) is 0 Å². The Kier molecular flexibility index (Phi) is 6.50. The predicted octanol–water partition coefficient (Wildman–Crippen LogP) is 6.92. The fraction of sp³-hybridized carbons (Fsp3) is 0.0741. The molecule has 0 bridgehead atoms. The lowest BCUT2D eigenvalue weighted by Crippen LogP contribution is -2.20. The zero-order chi connectivity index (χ0) is 21.6. The van der Waals surface area contributed by atoms with Crippen LogP contribution in [0.4, 0.5) is 0 Å². The third kappa shape index (κ3) is 4.01. The Balaban J connectivity index is 2.19. The van der Waals surface area contributed by atoms with Crippen molar-refractivity contribution in [1.29, 1.82) is 0 Å². The minimum atomic E-state index is -1.81.